The minimum Gasteiger partial charge on any atom is -0.480 e. The summed E-state index contributed by atoms with van der Waals surface area (Å²) in [5.41, 5.74) is 2.14. The molecular weight excluding hydrogens is 559 g/mol. The van der Waals surface area contributed by atoms with Crippen molar-refractivity contribution in [3.05, 3.63) is 68.0 Å². The van der Waals surface area contributed by atoms with Gasteiger partial charge in [-0.25, -0.2) is 27.7 Å². The molecule has 2 aromatic rings. The molecule has 2 N–H and O–H groups in total. The Morgan fingerprint density at radius 2 is 2.13 bits per heavy atom. The summed E-state index contributed by atoms with van der Waals surface area (Å²) in [4.78, 5) is 30.1. The quantitative estimate of drug-likeness (QED) is 0.388. The topological polar surface area (TPSA) is 101 Å². The first kappa shape index (κ1) is 29.1. The molecule has 210 valence electrons. The lowest BCUT2D eigenvalue weighted by molar-refractivity contribution is -0.143. The number of benzene rings is 1. The van der Waals surface area contributed by atoms with Crippen LogP contribution in [0.5, 0.6) is 0 Å². The predicted molar refractivity (Wildman–Crippen MR) is 139 cm³/mol. The number of carboxylic acid groups (broad SMARTS) is 1. The van der Waals surface area contributed by atoms with Crippen molar-refractivity contribution in [1.29, 1.82) is 0 Å². The maximum absolute atomic E-state index is 14.5. The van der Waals surface area contributed by atoms with Crippen LogP contribution in [-0.2, 0) is 19.1 Å². The summed E-state index contributed by atoms with van der Waals surface area (Å²) in [6, 6.07) is 3.06. The molecule has 39 heavy (non-hydrogen) atoms. The minimum atomic E-state index is -3.04. The summed E-state index contributed by atoms with van der Waals surface area (Å²) < 4.78 is 53.6. The number of alkyl halides is 2. The number of dihydropyridines is 1. The smallest absolute Gasteiger partial charge is 0.336 e. The molecule has 3 heterocycles. The van der Waals surface area contributed by atoms with Crippen molar-refractivity contribution >= 4 is 40.6 Å². The molecule has 13 heteroatoms. The number of carboxylic acids is 1. The Labute approximate surface area is 232 Å². The first-order valence-electron chi connectivity index (χ1n) is 12.1. The second-order valence-electron chi connectivity index (χ2n) is 9.26. The number of hydrogen-bond donors (Lipinski definition) is 2. The van der Waals surface area contributed by atoms with Crippen LogP contribution in [0, 0.1) is 5.82 Å². The number of rotatable bonds is 10. The van der Waals surface area contributed by atoms with Crippen molar-refractivity contribution < 1.29 is 37.3 Å². The maximum Gasteiger partial charge on any atom is 0.336 e. The van der Waals surface area contributed by atoms with Crippen molar-refractivity contribution in [3.63, 3.8) is 0 Å². The zero-order valence-corrected chi connectivity index (χ0v) is 22.8. The average molecular weight is 586 g/mol. The van der Waals surface area contributed by atoms with Crippen LogP contribution in [0.2, 0.25) is 5.02 Å². The van der Waals surface area contributed by atoms with E-state index in [1.165, 1.54) is 28.4 Å². The Kier molecular flexibility index (Phi) is 9.00. The molecule has 0 amide bonds. The highest BCUT2D eigenvalue weighted by Gasteiger charge is 2.46. The number of carbonyl (C=O) groups is 2. The van der Waals surface area contributed by atoms with Gasteiger partial charge in [-0.05, 0) is 37.1 Å². The van der Waals surface area contributed by atoms with Crippen molar-refractivity contribution in [3.8, 4) is 0 Å². The number of ether oxygens (including phenoxy) is 2. The van der Waals surface area contributed by atoms with E-state index in [-0.39, 0.29) is 30.4 Å². The van der Waals surface area contributed by atoms with Gasteiger partial charge in [0.05, 0.1) is 31.0 Å². The number of halogens is 4. The number of nitrogens with zero attached hydrogens (tertiary/aromatic N) is 2. The zero-order valence-electron chi connectivity index (χ0n) is 21.2. The van der Waals surface area contributed by atoms with Crippen LogP contribution in [0.4, 0.5) is 13.2 Å². The molecule has 1 saturated heterocycles. The van der Waals surface area contributed by atoms with Gasteiger partial charge in [-0.2, -0.15) is 0 Å². The zero-order chi connectivity index (χ0) is 28.3. The van der Waals surface area contributed by atoms with Crippen molar-refractivity contribution in [2.45, 2.75) is 38.2 Å². The number of carbonyl (C=O) groups excluding carboxylic acids is 1. The first-order chi connectivity index (χ1) is 18.5. The monoisotopic (exact) mass is 585 g/mol. The third kappa shape index (κ3) is 6.63. The van der Waals surface area contributed by atoms with Crippen molar-refractivity contribution in [2.75, 3.05) is 32.9 Å². The molecule has 2 atom stereocenters. The fraction of sp³-hybridized carbons (Fsp3) is 0.423. The van der Waals surface area contributed by atoms with Crippen molar-refractivity contribution in [1.82, 2.24) is 15.2 Å². The van der Waals surface area contributed by atoms with Crippen molar-refractivity contribution in [2.24, 2.45) is 0 Å². The van der Waals surface area contributed by atoms with Gasteiger partial charge < -0.3 is 19.9 Å². The van der Waals surface area contributed by atoms with E-state index in [0.29, 0.717) is 27.5 Å². The van der Waals surface area contributed by atoms with Crippen LogP contribution in [-0.4, -0.2) is 71.8 Å². The highest BCUT2D eigenvalue weighted by atomic mass is 35.5. The molecule has 2 aliphatic rings. The number of thiazole rings is 1. The number of likely N-dealkylation sites (tertiary alicyclic amines) is 1. The summed E-state index contributed by atoms with van der Waals surface area (Å²) >= 11 is 7.81. The Morgan fingerprint density at radius 3 is 2.77 bits per heavy atom. The van der Waals surface area contributed by atoms with Crippen LogP contribution in [0.1, 0.15) is 36.8 Å². The number of aliphatic carboxylic acids is 1. The standard InChI is InChI=1S/C26H27ClF3N3O5S/c1-3-38-25(36)22-19(10-33-13-26(29,30)9-16(33)11-37-12-20(34)35)32-23(24-31-6-7-39-24)14(2)21(22)17-5-4-15(28)8-18(17)27/h4-8,16,21,32H,3,9-13H2,1-2H3,(H,34,35)/t16?,21-/m0/s1. The van der Waals surface area contributed by atoms with E-state index >= 15 is 0 Å². The second-order valence-corrected chi connectivity index (χ2v) is 10.6. The highest BCUT2D eigenvalue weighted by molar-refractivity contribution is 7.10. The number of esters is 1. The molecule has 4 rings (SSSR count). The van der Waals surface area contributed by atoms with Crippen LogP contribution in [0.15, 0.2) is 46.6 Å². The van der Waals surface area contributed by atoms with Crippen LogP contribution in [0.25, 0.3) is 5.70 Å². The lowest BCUT2D eigenvalue weighted by Crippen LogP contribution is -2.40. The lowest BCUT2D eigenvalue weighted by atomic mass is 9.80. The summed E-state index contributed by atoms with van der Waals surface area (Å²) in [6.45, 7) is 1.91. The lowest BCUT2D eigenvalue weighted by Gasteiger charge is -2.34. The van der Waals surface area contributed by atoms with E-state index in [9.17, 15) is 22.8 Å². The molecule has 0 bridgehead atoms. The molecule has 2 aliphatic heterocycles. The number of nitrogens with one attached hydrogen (secondary N) is 1. The fourth-order valence-electron chi connectivity index (χ4n) is 4.92. The molecule has 1 unspecified atom stereocenters. The minimum absolute atomic E-state index is 0.0645. The third-order valence-electron chi connectivity index (χ3n) is 6.51. The molecule has 0 saturated carbocycles. The van der Waals surface area contributed by atoms with Gasteiger partial charge in [0, 0.05) is 47.2 Å². The van der Waals surface area contributed by atoms with Gasteiger partial charge in [0.15, 0.2) is 0 Å². The SMILES string of the molecule is CCOC(=O)C1=C(CN2CC(F)(F)CC2COCC(=O)O)NC(c2nccs2)=C(C)[C@H]1c1ccc(F)cc1Cl. The number of hydrogen-bond acceptors (Lipinski definition) is 8. The highest BCUT2D eigenvalue weighted by Crippen LogP contribution is 2.44. The van der Waals surface area contributed by atoms with Gasteiger partial charge in [-0.3, -0.25) is 4.90 Å². The van der Waals surface area contributed by atoms with Gasteiger partial charge in [-0.1, -0.05) is 17.7 Å². The van der Waals surface area contributed by atoms with Gasteiger partial charge in [0.25, 0.3) is 5.92 Å². The van der Waals surface area contributed by atoms with E-state index in [4.69, 9.17) is 26.2 Å². The maximum atomic E-state index is 14.5. The van der Waals surface area contributed by atoms with Crippen LogP contribution in [0.3, 0.4) is 0 Å². The van der Waals surface area contributed by atoms with Gasteiger partial charge in [0.1, 0.15) is 17.4 Å². The summed E-state index contributed by atoms with van der Waals surface area (Å²) in [5.74, 6) is -6.25. The summed E-state index contributed by atoms with van der Waals surface area (Å²) in [6.07, 6.45) is 1.08. The third-order valence-corrected chi connectivity index (χ3v) is 7.63. The molecule has 1 aromatic heterocycles. The normalized spacial score (nSPS) is 21.3. The Balaban J connectivity index is 1.81. The fourth-order valence-corrected chi connectivity index (χ4v) is 5.90. The van der Waals surface area contributed by atoms with Crippen LogP contribution < -0.4 is 5.32 Å². The van der Waals surface area contributed by atoms with Crippen LogP contribution >= 0.6 is 22.9 Å². The molecule has 8 nitrogen and oxygen atoms in total. The Morgan fingerprint density at radius 1 is 1.36 bits per heavy atom. The van der Waals surface area contributed by atoms with Gasteiger partial charge >= 0.3 is 11.9 Å². The average Bonchev–Trinajstić information content (AvgIpc) is 3.47. The molecule has 0 radical (unpaired) electrons. The van der Waals surface area contributed by atoms with Gasteiger partial charge in [0.2, 0.25) is 0 Å². The molecule has 1 aromatic carbocycles. The molecule has 0 aliphatic carbocycles. The number of aromatic nitrogens is 1. The van der Waals surface area contributed by atoms with E-state index in [1.807, 2.05) is 0 Å². The van der Waals surface area contributed by atoms with E-state index in [2.05, 4.69) is 10.3 Å². The van der Waals surface area contributed by atoms with E-state index in [0.717, 1.165) is 6.07 Å². The number of allylic oxidation sites excluding steroid dienone is 1. The molecule has 1 fully saturated rings. The van der Waals surface area contributed by atoms with E-state index in [1.54, 1.807) is 25.4 Å². The largest absolute Gasteiger partial charge is 0.480 e. The summed E-state index contributed by atoms with van der Waals surface area (Å²) in [5, 5.41) is 14.6. The second kappa shape index (κ2) is 12.1. The first-order valence-corrected chi connectivity index (χ1v) is 13.4. The van der Waals surface area contributed by atoms with Gasteiger partial charge in [-0.15, -0.1) is 11.3 Å². The predicted octanol–water partition coefficient (Wildman–Crippen LogP) is 4.68. The van der Waals surface area contributed by atoms with E-state index < -0.39 is 55.2 Å². The summed E-state index contributed by atoms with van der Waals surface area (Å²) in [7, 11) is 0. The Bertz CT molecular complexity index is 1300. The Hall–Kier alpha value is -2.93. The molecule has 0 spiro atoms. The molecular formula is C26H27ClF3N3O5S.